The molecule has 1 aromatic rings. The van der Waals surface area contributed by atoms with Crippen LogP contribution in [0.5, 0.6) is 0 Å². The van der Waals surface area contributed by atoms with Crippen LogP contribution in [-0.2, 0) is 4.79 Å². The SMILES string of the molecule is O=C=C1N=c2ccccc2=N1. The normalized spacial score (nSPS) is 12.9. The minimum absolute atomic E-state index is 0.131. The Morgan fingerprint density at radius 1 is 1.09 bits per heavy atom. The molecule has 0 saturated carbocycles. The second-order valence-electron chi connectivity index (χ2n) is 2.14. The molecule has 2 rings (SSSR count). The van der Waals surface area contributed by atoms with Crippen molar-refractivity contribution in [1.82, 2.24) is 0 Å². The Morgan fingerprint density at radius 3 is 2.09 bits per heavy atom. The van der Waals surface area contributed by atoms with Crippen molar-refractivity contribution < 1.29 is 4.79 Å². The third kappa shape index (κ3) is 0.876. The minimum Gasteiger partial charge on any atom is -0.229 e. The smallest absolute Gasteiger partial charge is 0.229 e. The number of nitrogens with zero attached hydrogens (tertiary/aromatic N) is 2. The molecule has 1 aromatic carbocycles. The Labute approximate surface area is 62.4 Å². The number of para-hydroxylation sites is 2. The molecule has 0 fully saturated rings. The van der Waals surface area contributed by atoms with Crippen molar-refractivity contribution in [3.05, 3.63) is 40.8 Å². The van der Waals surface area contributed by atoms with Gasteiger partial charge in [-0.15, -0.1) is 0 Å². The van der Waals surface area contributed by atoms with Crippen LogP contribution in [0.3, 0.4) is 0 Å². The van der Waals surface area contributed by atoms with Crippen LogP contribution in [-0.4, -0.2) is 5.94 Å². The molecule has 0 atom stereocenters. The van der Waals surface area contributed by atoms with Gasteiger partial charge in [0.2, 0.25) is 5.82 Å². The molecule has 0 aromatic heterocycles. The summed E-state index contributed by atoms with van der Waals surface area (Å²) in [6.07, 6.45) is 0. The highest BCUT2D eigenvalue weighted by atomic mass is 16.1. The monoisotopic (exact) mass is 144 g/mol. The molecule has 1 heterocycles. The molecule has 0 N–H and O–H groups in total. The molecular weight excluding hydrogens is 140 g/mol. The summed E-state index contributed by atoms with van der Waals surface area (Å²) in [4.78, 5) is 17.9. The van der Waals surface area contributed by atoms with Crippen LogP contribution in [0.2, 0.25) is 0 Å². The molecule has 0 aliphatic carbocycles. The predicted octanol–water partition coefficient (Wildman–Crippen LogP) is -0.388. The zero-order chi connectivity index (χ0) is 7.68. The van der Waals surface area contributed by atoms with E-state index in [0.29, 0.717) is 0 Å². The van der Waals surface area contributed by atoms with E-state index < -0.39 is 0 Å². The number of benzene rings is 1. The minimum atomic E-state index is 0.131. The molecular formula is C8H4N2O. The van der Waals surface area contributed by atoms with Gasteiger partial charge in [0, 0.05) is 0 Å². The summed E-state index contributed by atoms with van der Waals surface area (Å²) in [5.74, 6) is 1.77. The van der Waals surface area contributed by atoms with Crippen LogP contribution >= 0.6 is 0 Å². The Kier molecular flexibility index (Phi) is 1.17. The quantitative estimate of drug-likeness (QED) is 0.457. The molecule has 0 radical (unpaired) electrons. The molecule has 11 heavy (non-hydrogen) atoms. The topological polar surface area (TPSA) is 41.8 Å². The van der Waals surface area contributed by atoms with Crippen molar-refractivity contribution in [1.29, 1.82) is 0 Å². The zero-order valence-electron chi connectivity index (χ0n) is 5.61. The molecule has 0 unspecified atom stereocenters. The Bertz CT molecular complexity index is 418. The van der Waals surface area contributed by atoms with Gasteiger partial charge in [0.1, 0.15) is 0 Å². The van der Waals surface area contributed by atoms with E-state index in [2.05, 4.69) is 9.98 Å². The Hall–Kier alpha value is -1.73. The van der Waals surface area contributed by atoms with Crippen LogP contribution in [0.4, 0.5) is 0 Å². The van der Waals surface area contributed by atoms with Gasteiger partial charge >= 0.3 is 0 Å². The van der Waals surface area contributed by atoms with Gasteiger partial charge in [0.25, 0.3) is 0 Å². The van der Waals surface area contributed by atoms with E-state index in [1.54, 1.807) is 5.94 Å². The Balaban J connectivity index is 2.91. The number of fused-ring (bicyclic) bond motifs is 1. The van der Waals surface area contributed by atoms with E-state index in [1.807, 2.05) is 24.3 Å². The van der Waals surface area contributed by atoms with Crippen molar-refractivity contribution in [2.75, 3.05) is 0 Å². The van der Waals surface area contributed by atoms with Crippen molar-refractivity contribution in [3.8, 4) is 0 Å². The van der Waals surface area contributed by atoms with E-state index in [4.69, 9.17) is 0 Å². The van der Waals surface area contributed by atoms with Gasteiger partial charge in [0.15, 0.2) is 5.94 Å². The molecule has 0 spiro atoms. The summed E-state index contributed by atoms with van der Waals surface area (Å²) in [6, 6.07) is 7.32. The lowest BCUT2D eigenvalue weighted by atomic mass is 10.3. The summed E-state index contributed by atoms with van der Waals surface area (Å²) in [5, 5.41) is 1.48. The first-order chi connectivity index (χ1) is 5.40. The number of hydrogen-bond donors (Lipinski definition) is 0. The fourth-order valence-corrected chi connectivity index (χ4v) is 0.952. The highest BCUT2D eigenvalue weighted by Gasteiger charge is 1.99. The van der Waals surface area contributed by atoms with E-state index in [-0.39, 0.29) is 5.82 Å². The summed E-state index contributed by atoms with van der Waals surface area (Å²) < 4.78 is 0. The third-order valence-electron chi connectivity index (χ3n) is 1.43. The standard InChI is InChI=1S/C8H4N2O/c11-5-8-9-6-3-1-2-4-7(6)10-8/h1-4H. The van der Waals surface area contributed by atoms with E-state index in [9.17, 15) is 4.79 Å². The van der Waals surface area contributed by atoms with Gasteiger partial charge in [-0.05, 0) is 12.1 Å². The molecule has 3 nitrogen and oxygen atoms in total. The maximum Gasteiger partial charge on any atom is 0.240 e. The number of carbonyl (C=O) groups excluding carboxylic acids is 1. The lowest BCUT2D eigenvalue weighted by Crippen LogP contribution is -2.19. The largest absolute Gasteiger partial charge is 0.240 e. The molecule has 1 aliphatic rings. The van der Waals surface area contributed by atoms with Gasteiger partial charge in [-0.3, -0.25) is 0 Å². The molecule has 3 heteroatoms. The fourth-order valence-electron chi connectivity index (χ4n) is 0.952. The number of rotatable bonds is 0. The molecule has 1 aliphatic heterocycles. The third-order valence-corrected chi connectivity index (χ3v) is 1.43. The molecule has 0 amide bonds. The molecule has 0 bridgehead atoms. The molecule has 52 valence electrons. The first-order valence-electron chi connectivity index (χ1n) is 3.18. The summed E-state index contributed by atoms with van der Waals surface area (Å²) in [7, 11) is 0. The average Bonchev–Trinajstić information content (AvgIpc) is 2.46. The van der Waals surface area contributed by atoms with Crippen molar-refractivity contribution in [2.45, 2.75) is 0 Å². The molecule has 0 saturated heterocycles. The van der Waals surface area contributed by atoms with Crippen molar-refractivity contribution in [3.63, 3.8) is 0 Å². The van der Waals surface area contributed by atoms with Crippen LogP contribution in [0.1, 0.15) is 0 Å². The summed E-state index contributed by atoms with van der Waals surface area (Å²) >= 11 is 0. The van der Waals surface area contributed by atoms with Gasteiger partial charge in [0.05, 0.1) is 10.7 Å². The van der Waals surface area contributed by atoms with Crippen LogP contribution in [0, 0.1) is 0 Å². The lowest BCUT2D eigenvalue weighted by molar-refractivity contribution is 0.566. The Morgan fingerprint density at radius 2 is 1.64 bits per heavy atom. The van der Waals surface area contributed by atoms with Crippen molar-refractivity contribution >= 4 is 5.94 Å². The first kappa shape index (κ1) is 6.01. The highest BCUT2D eigenvalue weighted by Crippen LogP contribution is 1.92. The van der Waals surface area contributed by atoms with E-state index >= 15 is 0 Å². The maximum absolute atomic E-state index is 10.1. The van der Waals surface area contributed by atoms with Gasteiger partial charge in [-0.2, -0.15) is 0 Å². The average molecular weight is 144 g/mol. The summed E-state index contributed by atoms with van der Waals surface area (Å²) in [5.41, 5.74) is 0. The highest BCUT2D eigenvalue weighted by molar-refractivity contribution is 5.51. The maximum atomic E-state index is 10.1. The van der Waals surface area contributed by atoms with Crippen LogP contribution in [0.25, 0.3) is 0 Å². The van der Waals surface area contributed by atoms with E-state index in [1.165, 1.54) is 0 Å². The lowest BCUT2D eigenvalue weighted by Gasteiger charge is -1.75. The summed E-state index contributed by atoms with van der Waals surface area (Å²) in [6.45, 7) is 0. The van der Waals surface area contributed by atoms with Gasteiger partial charge < -0.3 is 0 Å². The second-order valence-corrected chi connectivity index (χ2v) is 2.14. The number of hydrogen-bond acceptors (Lipinski definition) is 3. The zero-order valence-corrected chi connectivity index (χ0v) is 5.61. The van der Waals surface area contributed by atoms with Crippen molar-refractivity contribution in [2.24, 2.45) is 9.98 Å². The second kappa shape index (κ2) is 2.15. The fraction of sp³-hybridized carbons (Fsp3) is 0. The van der Waals surface area contributed by atoms with E-state index in [0.717, 1.165) is 10.7 Å². The first-order valence-corrected chi connectivity index (χ1v) is 3.18. The van der Waals surface area contributed by atoms with Gasteiger partial charge in [-0.1, -0.05) is 12.1 Å². The van der Waals surface area contributed by atoms with Gasteiger partial charge in [-0.25, -0.2) is 14.8 Å². The van der Waals surface area contributed by atoms with Crippen LogP contribution < -0.4 is 10.7 Å². The predicted molar refractivity (Wildman–Crippen MR) is 38.0 cm³/mol. The van der Waals surface area contributed by atoms with Crippen LogP contribution in [0.15, 0.2) is 40.1 Å².